The first-order chi connectivity index (χ1) is 11.6. The Hall–Kier alpha value is -2.21. The lowest BCUT2D eigenvalue weighted by atomic mass is 10.2. The molecule has 3 rings (SSSR count). The molecule has 24 heavy (non-hydrogen) atoms. The van der Waals surface area contributed by atoms with Crippen molar-refractivity contribution in [1.82, 2.24) is 19.6 Å². The third-order valence-corrected chi connectivity index (χ3v) is 4.63. The summed E-state index contributed by atoms with van der Waals surface area (Å²) in [7, 11) is 0. The first kappa shape index (κ1) is 16.6. The molecule has 128 valence electrons. The summed E-state index contributed by atoms with van der Waals surface area (Å²) in [5.74, 6) is -0.260. The Morgan fingerprint density at radius 3 is 2.62 bits per heavy atom. The van der Waals surface area contributed by atoms with E-state index in [0.29, 0.717) is 5.56 Å². The van der Waals surface area contributed by atoms with Gasteiger partial charge >= 0.3 is 0 Å². The number of nitrogens with zero attached hydrogens (tertiary/aromatic N) is 4. The molecule has 0 atom stereocenters. The fourth-order valence-corrected chi connectivity index (χ4v) is 3.12. The normalized spacial score (nSPS) is 16.2. The molecular formula is C18H23FN4O. The van der Waals surface area contributed by atoms with E-state index in [-0.39, 0.29) is 11.7 Å². The van der Waals surface area contributed by atoms with Crippen LogP contribution in [0.4, 0.5) is 4.39 Å². The highest BCUT2D eigenvalue weighted by Gasteiger charge is 2.23. The fourth-order valence-electron chi connectivity index (χ4n) is 3.12. The summed E-state index contributed by atoms with van der Waals surface area (Å²) in [6.07, 6.45) is 2.61. The SMILES string of the molecule is CCN1CCCN(C(=O)c2cnn(-c3ccc(F)cc3)c2C)CC1. The summed E-state index contributed by atoms with van der Waals surface area (Å²) in [5, 5.41) is 4.32. The molecule has 1 saturated heterocycles. The summed E-state index contributed by atoms with van der Waals surface area (Å²) in [4.78, 5) is 17.1. The number of benzene rings is 1. The third kappa shape index (κ3) is 3.33. The van der Waals surface area contributed by atoms with E-state index in [1.807, 2.05) is 11.8 Å². The van der Waals surface area contributed by atoms with Crippen LogP contribution in [-0.4, -0.2) is 58.2 Å². The molecule has 0 saturated carbocycles. The zero-order valence-electron chi connectivity index (χ0n) is 14.2. The molecule has 1 aliphatic heterocycles. The Balaban J connectivity index is 1.80. The molecule has 1 aromatic carbocycles. The lowest BCUT2D eigenvalue weighted by Gasteiger charge is -2.21. The Bertz CT molecular complexity index is 710. The van der Waals surface area contributed by atoms with Gasteiger partial charge in [0.25, 0.3) is 5.91 Å². The number of amides is 1. The Kier molecular flexibility index (Phi) is 4.94. The van der Waals surface area contributed by atoms with Gasteiger partial charge in [-0.2, -0.15) is 5.10 Å². The molecule has 2 aromatic rings. The highest BCUT2D eigenvalue weighted by atomic mass is 19.1. The van der Waals surface area contributed by atoms with Crippen LogP contribution in [0, 0.1) is 12.7 Å². The van der Waals surface area contributed by atoms with E-state index in [4.69, 9.17) is 0 Å². The zero-order chi connectivity index (χ0) is 17.1. The maximum atomic E-state index is 13.1. The van der Waals surface area contributed by atoms with Crippen LogP contribution in [0.5, 0.6) is 0 Å². The summed E-state index contributed by atoms with van der Waals surface area (Å²) in [5.41, 5.74) is 2.15. The second-order valence-electron chi connectivity index (χ2n) is 6.11. The molecule has 0 unspecified atom stereocenters. The number of halogens is 1. The van der Waals surface area contributed by atoms with Gasteiger partial charge in [-0.05, 0) is 50.7 Å². The van der Waals surface area contributed by atoms with Crippen molar-refractivity contribution >= 4 is 5.91 Å². The summed E-state index contributed by atoms with van der Waals surface area (Å²) >= 11 is 0. The van der Waals surface area contributed by atoms with Crippen LogP contribution in [0.1, 0.15) is 29.4 Å². The standard InChI is InChI=1S/C18H23FN4O/c1-3-21-9-4-10-22(12-11-21)18(24)17-13-20-23(14(17)2)16-7-5-15(19)6-8-16/h5-8,13H,3-4,9-12H2,1-2H3. The molecule has 0 aliphatic carbocycles. The van der Waals surface area contributed by atoms with Crippen LogP contribution >= 0.6 is 0 Å². The maximum Gasteiger partial charge on any atom is 0.257 e. The zero-order valence-corrected chi connectivity index (χ0v) is 14.2. The average Bonchev–Trinajstić information content (AvgIpc) is 2.82. The molecule has 0 radical (unpaired) electrons. The molecule has 6 heteroatoms. The van der Waals surface area contributed by atoms with E-state index in [1.165, 1.54) is 12.1 Å². The predicted molar refractivity (Wildman–Crippen MR) is 90.9 cm³/mol. The molecule has 0 N–H and O–H groups in total. The molecule has 1 aromatic heterocycles. The Labute approximate surface area is 141 Å². The highest BCUT2D eigenvalue weighted by molar-refractivity contribution is 5.95. The number of likely N-dealkylation sites (N-methyl/N-ethyl adjacent to an activating group) is 1. The van der Waals surface area contributed by atoms with Crippen LogP contribution in [0.25, 0.3) is 5.69 Å². The smallest absolute Gasteiger partial charge is 0.257 e. The van der Waals surface area contributed by atoms with E-state index in [1.54, 1.807) is 23.0 Å². The van der Waals surface area contributed by atoms with E-state index >= 15 is 0 Å². The fraction of sp³-hybridized carbons (Fsp3) is 0.444. The second kappa shape index (κ2) is 7.13. The van der Waals surface area contributed by atoms with Crippen molar-refractivity contribution in [3.8, 4) is 5.69 Å². The van der Waals surface area contributed by atoms with Gasteiger partial charge in [0.1, 0.15) is 5.82 Å². The van der Waals surface area contributed by atoms with Gasteiger partial charge in [-0.15, -0.1) is 0 Å². The van der Waals surface area contributed by atoms with Crippen LogP contribution in [0.15, 0.2) is 30.5 Å². The largest absolute Gasteiger partial charge is 0.337 e. The van der Waals surface area contributed by atoms with Crippen molar-refractivity contribution < 1.29 is 9.18 Å². The molecule has 1 aliphatic rings. The van der Waals surface area contributed by atoms with Crippen molar-refractivity contribution in [1.29, 1.82) is 0 Å². The van der Waals surface area contributed by atoms with Crippen LogP contribution < -0.4 is 0 Å². The summed E-state index contributed by atoms with van der Waals surface area (Å²) in [6.45, 7) is 8.50. The average molecular weight is 330 g/mol. The molecule has 5 nitrogen and oxygen atoms in total. The number of carbonyl (C=O) groups excluding carboxylic acids is 1. The van der Waals surface area contributed by atoms with Gasteiger partial charge in [0.05, 0.1) is 23.1 Å². The number of rotatable bonds is 3. The summed E-state index contributed by atoms with van der Waals surface area (Å²) < 4.78 is 14.8. The Morgan fingerprint density at radius 1 is 1.17 bits per heavy atom. The molecule has 0 spiro atoms. The first-order valence-electron chi connectivity index (χ1n) is 8.42. The third-order valence-electron chi connectivity index (χ3n) is 4.63. The molecule has 1 amide bonds. The van der Waals surface area contributed by atoms with Crippen molar-refractivity contribution in [3.05, 3.63) is 47.5 Å². The second-order valence-corrected chi connectivity index (χ2v) is 6.11. The molecule has 0 bridgehead atoms. The van der Waals surface area contributed by atoms with E-state index in [9.17, 15) is 9.18 Å². The van der Waals surface area contributed by atoms with E-state index < -0.39 is 0 Å². The van der Waals surface area contributed by atoms with Crippen molar-refractivity contribution in [2.45, 2.75) is 20.3 Å². The van der Waals surface area contributed by atoms with Crippen molar-refractivity contribution in [2.75, 3.05) is 32.7 Å². The Morgan fingerprint density at radius 2 is 1.92 bits per heavy atom. The summed E-state index contributed by atoms with van der Waals surface area (Å²) in [6, 6.07) is 6.11. The van der Waals surface area contributed by atoms with Crippen molar-refractivity contribution in [2.24, 2.45) is 0 Å². The van der Waals surface area contributed by atoms with Gasteiger partial charge in [0.2, 0.25) is 0 Å². The van der Waals surface area contributed by atoms with Gasteiger partial charge in [-0.25, -0.2) is 9.07 Å². The van der Waals surface area contributed by atoms with Crippen LogP contribution in [0.3, 0.4) is 0 Å². The molecule has 2 heterocycles. The van der Waals surface area contributed by atoms with Gasteiger partial charge in [0.15, 0.2) is 0 Å². The van der Waals surface area contributed by atoms with E-state index in [2.05, 4.69) is 16.9 Å². The maximum absolute atomic E-state index is 13.1. The number of hydrogen-bond acceptors (Lipinski definition) is 3. The monoisotopic (exact) mass is 330 g/mol. The minimum absolute atomic E-state index is 0.0267. The van der Waals surface area contributed by atoms with Gasteiger partial charge in [0, 0.05) is 19.6 Å². The topological polar surface area (TPSA) is 41.4 Å². The molecular weight excluding hydrogens is 307 g/mol. The molecule has 1 fully saturated rings. The van der Waals surface area contributed by atoms with Gasteiger partial charge in [-0.1, -0.05) is 6.92 Å². The lowest BCUT2D eigenvalue weighted by molar-refractivity contribution is 0.0761. The number of aromatic nitrogens is 2. The number of hydrogen-bond donors (Lipinski definition) is 0. The first-order valence-corrected chi connectivity index (χ1v) is 8.42. The van der Waals surface area contributed by atoms with Gasteiger partial charge in [-0.3, -0.25) is 4.79 Å². The van der Waals surface area contributed by atoms with Gasteiger partial charge < -0.3 is 9.80 Å². The minimum atomic E-state index is -0.287. The number of carbonyl (C=O) groups is 1. The lowest BCUT2D eigenvalue weighted by Crippen LogP contribution is -2.35. The highest BCUT2D eigenvalue weighted by Crippen LogP contribution is 2.17. The van der Waals surface area contributed by atoms with Crippen LogP contribution in [-0.2, 0) is 0 Å². The quantitative estimate of drug-likeness (QED) is 0.868. The van der Waals surface area contributed by atoms with E-state index in [0.717, 1.165) is 50.5 Å². The predicted octanol–water partition coefficient (Wildman–Crippen LogP) is 2.49. The van der Waals surface area contributed by atoms with Crippen molar-refractivity contribution in [3.63, 3.8) is 0 Å². The minimum Gasteiger partial charge on any atom is -0.337 e. The van der Waals surface area contributed by atoms with Crippen LogP contribution in [0.2, 0.25) is 0 Å².